The molecule has 4 heteroatoms. The Morgan fingerprint density at radius 2 is 2.06 bits per heavy atom. The minimum Gasteiger partial charge on any atom is -0.355 e. The van der Waals surface area contributed by atoms with Crippen molar-refractivity contribution in [1.29, 1.82) is 0 Å². The van der Waals surface area contributed by atoms with E-state index in [0.717, 1.165) is 6.42 Å². The highest BCUT2D eigenvalue weighted by molar-refractivity contribution is 5.85. The first kappa shape index (κ1) is 16.7. The van der Waals surface area contributed by atoms with Crippen LogP contribution in [0.5, 0.6) is 0 Å². The number of amides is 1. The van der Waals surface area contributed by atoms with Crippen LogP contribution in [0.25, 0.3) is 0 Å². The van der Waals surface area contributed by atoms with Gasteiger partial charge >= 0.3 is 0 Å². The van der Waals surface area contributed by atoms with Crippen molar-refractivity contribution in [3.05, 3.63) is 0 Å². The summed E-state index contributed by atoms with van der Waals surface area (Å²) in [5, 5.41) is 2.94. The summed E-state index contributed by atoms with van der Waals surface area (Å²) in [7, 11) is 0. The number of nitrogens with two attached hydrogens (primary N) is 1. The number of carbonyl (C=O) groups excluding carboxylic acids is 1. The van der Waals surface area contributed by atoms with Crippen molar-refractivity contribution in [3.8, 4) is 0 Å². The van der Waals surface area contributed by atoms with Gasteiger partial charge in [-0.25, -0.2) is 0 Å². The van der Waals surface area contributed by atoms with E-state index >= 15 is 0 Å². The maximum Gasteiger partial charge on any atom is 0.223 e. The van der Waals surface area contributed by atoms with E-state index in [1.54, 1.807) is 0 Å². The molecule has 1 rings (SSSR count). The molecule has 0 radical (unpaired) electrons. The molecular formula is C13H27ClN2O. The molecule has 0 bridgehead atoms. The second kappa shape index (κ2) is 7.93. The van der Waals surface area contributed by atoms with Crippen LogP contribution in [0.2, 0.25) is 0 Å². The maximum absolute atomic E-state index is 12.1. The minimum atomic E-state index is 0. The Labute approximate surface area is 111 Å². The maximum atomic E-state index is 12.1. The van der Waals surface area contributed by atoms with E-state index in [9.17, 15) is 4.79 Å². The van der Waals surface area contributed by atoms with Crippen molar-refractivity contribution in [1.82, 2.24) is 5.32 Å². The summed E-state index contributed by atoms with van der Waals surface area (Å²) < 4.78 is 0. The van der Waals surface area contributed by atoms with Gasteiger partial charge in [-0.2, -0.15) is 0 Å². The van der Waals surface area contributed by atoms with E-state index in [2.05, 4.69) is 26.1 Å². The fourth-order valence-corrected chi connectivity index (χ4v) is 2.83. The second-order valence-corrected chi connectivity index (χ2v) is 5.51. The topological polar surface area (TPSA) is 55.1 Å². The van der Waals surface area contributed by atoms with Crippen LogP contribution >= 0.6 is 12.4 Å². The van der Waals surface area contributed by atoms with Gasteiger partial charge in [0.15, 0.2) is 0 Å². The summed E-state index contributed by atoms with van der Waals surface area (Å²) in [4.78, 5) is 12.1. The number of hydrogen-bond acceptors (Lipinski definition) is 2. The molecule has 0 saturated heterocycles. The van der Waals surface area contributed by atoms with Crippen LogP contribution in [-0.4, -0.2) is 19.0 Å². The second-order valence-electron chi connectivity index (χ2n) is 5.51. The van der Waals surface area contributed by atoms with E-state index < -0.39 is 0 Å². The van der Waals surface area contributed by atoms with Crippen molar-refractivity contribution in [2.45, 2.75) is 40.0 Å². The highest BCUT2D eigenvalue weighted by atomic mass is 35.5. The Hall–Kier alpha value is -0.280. The van der Waals surface area contributed by atoms with Gasteiger partial charge in [0.1, 0.15) is 0 Å². The van der Waals surface area contributed by atoms with Crippen molar-refractivity contribution < 1.29 is 4.79 Å². The van der Waals surface area contributed by atoms with Gasteiger partial charge in [0.05, 0.1) is 0 Å². The van der Waals surface area contributed by atoms with Gasteiger partial charge < -0.3 is 11.1 Å². The highest BCUT2D eigenvalue weighted by Crippen LogP contribution is 2.37. The summed E-state index contributed by atoms with van der Waals surface area (Å²) in [6.07, 6.45) is 3.50. The largest absolute Gasteiger partial charge is 0.355 e. The molecule has 0 aromatic carbocycles. The first-order valence-electron chi connectivity index (χ1n) is 6.54. The van der Waals surface area contributed by atoms with E-state index in [0.29, 0.717) is 30.8 Å². The summed E-state index contributed by atoms with van der Waals surface area (Å²) >= 11 is 0. The van der Waals surface area contributed by atoms with Crippen LogP contribution in [0, 0.1) is 23.7 Å². The van der Waals surface area contributed by atoms with E-state index in [-0.39, 0.29) is 24.2 Å². The standard InChI is InChI=1S/C13H26N2O.ClH/c1-9(2)11-5-4-10(3)8-12(11)13(16)15-7-6-14;/h9-12H,4-8,14H2,1-3H3,(H,15,16);1H/t10-,11+,12-;/m1./s1. The van der Waals surface area contributed by atoms with Crippen LogP contribution in [0.3, 0.4) is 0 Å². The van der Waals surface area contributed by atoms with Crippen molar-refractivity contribution in [2.75, 3.05) is 13.1 Å². The molecule has 17 heavy (non-hydrogen) atoms. The van der Waals surface area contributed by atoms with Crippen LogP contribution < -0.4 is 11.1 Å². The number of nitrogens with one attached hydrogen (secondary N) is 1. The lowest BCUT2D eigenvalue weighted by molar-refractivity contribution is -0.129. The van der Waals surface area contributed by atoms with Gasteiger partial charge in [0, 0.05) is 19.0 Å². The Balaban J connectivity index is 0.00000256. The van der Waals surface area contributed by atoms with Gasteiger partial charge in [-0.3, -0.25) is 4.79 Å². The van der Waals surface area contributed by atoms with Crippen molar-refractivity contribution in [3.63, 3.8) is 0 Å². The first-order chi connectivity index (χ1) is 7.56. The predicted octanol–water partition coefficient (Wildman–Crippen LogP) is 2.19. The molecular weight excluding hydrogens is 236 g/mol. The summed E-state index contributed by atoms with van der Waals surface area (Å²) in [6, 6.07) is 0. The van der Waals surface area contributed by atoms with Crippen LogP contribution in [0.15, 0.2) is 0 Å². The molecule has 1 aliphatic carbocycles. The lowest BCUT2D eigenvalue weighted by Crippen LogP contribution is -2.41. The molecule has 1 fully saturated rings. The smallest absolute Gasteiger partial charge is 0.223 e. The Bertz CT molecular complexity index is 233. The lowest BCUT2D eigenvalue weighted by Gasteiger charge is -2.36. The Kier molecular flexibility index (Phi) is 7.80. The number of hydrogen-bond donors (Lipinski definition) is 2. The molecule has 3 nitrogen and oxygen atoms in total. The molecule has 102 valence electrons. The molecule has 0 unspecified atom stereocenters. The fraction of sp³-hybridized carbons (Fsp3) is 0.923. The monoisotopic (exact) mass is 262 g/mol. The highest BCUT2D eigenvalue weighted by Gasteiger charge is 2.34. The zero-order valence-corrected chi connectivity index (χ0v) is 12.1. The molecule has 1 saturated carbocycles. The Morgan fingerprint density at radius 3 is 2.59 bits per heavy atom. The molecule has 1 aliphatic rings. The van der Waals surface area contributed by atoms with Gasteiger partial charge in [0.25, 0.3) is 0 Å². The molecule has 0 spiro atoms. The number of rotatable bonds is 4. The summed E-state index contributed by atoms with van der Waals surface area (Å²) in [6.45, 7) is 7.84. The summed E-state index contributed by atoms with van der Waals surface area (Å²) in [5.74, 6) is 2.25. The third kappa shape index (κ3) is 4.84. The zero-order valence-electron chi connectivity index (χ0n) is 11.2. The Morgan fingerprint density at radius 1 is 1.41 bits per heavy atom. The van der Waals surface area contributed by atoms with E-state index in [1.807, 2.05) is 0 Å². The molecule has 1 amide bonds. The number of carbonyl (C=O) groups is 1. The minimum absolute atomic E-state index is 0. The lowest BCUT2D eigenvalue weighted by atomic mass is 9.70. The first-order valence-corrected chi connectivity index (χ1v) is 6.54. The van der Waals surface area contributed by atoms with Gasteiger partial charge in [-0.15, -0.1) is 12.4 Å². The van der Waals surface area contributed by atoms with E-state index in [4.69, 9.17) is 5.73 Å². The molecule has 0 aliphatic heterocycles. The molecule has 3 N–H and O–H groups in total. The molecule has 3 atom stereocenters. The van der Waals surface area contributed by atoms with Gasteiger partial charge in [-0.1, -0.05) is 27.2 Å². The van der Waals surface area contributed by atoms with Crippen molar-refractivity contribution >= 4 is 18.3 Å². The number of halogens is 1. The molecule has 0 aromatic rings. The third-order valence-corrected chi connectivity index (χ3v) is 3.80. The van der Waals surface area contributed by atoms with Crippen LogP contribution in [-0.2, 0) is 4.79 Å². The van der Waals surface area contributed by atoms with Crippen LogP contribution in [0.1, 0.15) is 40.0 Å². The predicted molar refractivity (Wildman–Crippen MR) is 74.1 cm³/mol. The molecule has 0 heterocycles. The summed E-state index contributed by atoms with van der Waals surface area (Å²) in [5.41, 5.74) is 5.41. The van der Waals surface area contributed by atoms with Crippen molar-refractivity contribution in [2.24, 2.45) is 29.4 Å². The van der Waals surface area contributed by atoms with E-state index in [1.165, 1.54) is 12.8 Å². The quantitative estimate of drug-likeness (QED) is 0.816. The van der Waals surface area contributed by atoms with Gasteiger partial charge in [0.2, 0.25) is 5.91 Å². The molecule has 0 aromatic heterocycles. The average Bonchev–Trinajstić information content (AvgIpc) is 2.25. The zero-order chi connectivity index (χ0) is 12.1. The normalized spacial score (nSPS) is 28.6. The van der Waals surface area contributed by atoms with Gasteiger partial charge in [-0.05, 0) is 30.6 Å². The van der Waals surface area contributed by atoms with Crippen LogP contribution in [0.4, 0.5) is 0 Å². The fourth-order valence-electron chi connectivity index (χ4n) is 2.83. The SMILES string of the molecule is CC(C)[C@@H]1CC[C@@H](C)C[C@H]1C(=O)NCCN.Cl. The average molecular weight is 263 g/mol. The third-order valence-electron chi connectivity index (χ3n) is 3.80.